The van der Waals surface area contributed by atoms with Crippen LogP contribution in [0.4, 0.5) is 34.1 Å². The maximum Gasteiger partial charge on any atom is 0.221 e. The lowest BCUT2D eigenvalue weighted by molar-refractivity contribution is -0.118. The molecule has 9 rings (SSSR count). The number of imidazole rings is 2. The van der Waals surface area contributed by atoms with Crippen molar-refractivity contribution in [2.75, 3.05) is 81.3 Å². The number of Topliss-reactive ketones (excluding diaryl/α,β-unsaturated/α-hetero) is 1. The number of carbonyl (C=O) groups excluding carboxylic acids is 2. The molecule has 0 aliphatic heterocycles. The van der Waals surface area contributed by atoms with E-state index in [1.165, 1.54) is 0 Å². The van der Waals surface area contributed by atoms with Gasteiger partial charge in [0, 0.05) is 144 Å². The fourth-order valence-electron chi connectivity index (χ4n) is 9.88. The number of anilines is 5. The molecule has 0 unspecified atom stereocenters. The molecule has 0 saturated heterocycles. The number of benzene rings is 7. The largest absolute Gasteiger partial charge is 0.508 e. The van der Waals surface area contributed by atoms with Gasteiger partial charge in [-0.15, -0.1) is 0 Å². The number of phenolic OH excluding ortho intramolecular Hbond substituents is 1. The maximum absolute atomic E-state index is 12.9. The highest BCUT2D eigenvalue weighted by atomic mass is 16.3. The van der Waals surface area contributed by atoms with Crippen LogP contribution in [-0.2, 0) is 33.3 Å². The molecule has 0 bridgehead atoms. The van der Waals surface area contributed by atoms with Crippen LogP contribution in [0.2, 0.25) is 0 Å². The minimum Gasteiger partial charge on any atom is -0.508 e. The average Bonchev–Trinajstić information content (AvgIpc) is 4.23. The third-order valence-electron chi connectivity index (χ3n) is 14.6. The van der Waals surface area contributed by atoms with Gasteiger partial charge in [-0.25, -0.2) is 14.8 Å². The van der Waals surface area contributed by atoms with Gasteiger partial charge in [0.25, 0.3) is 0 Å². The second-order valence-electron chi connectivity index (χ2n) is 24.0. The number of aromatic nitrogens is 4. The lowest BCUT2D eigenvalue weighted by Crippen LogP contribution is -2.23. The number of aromatic hydroxyl groups is 1. The van der Waals surface area contributed by atoms with E-state index >= 15 is 0 Å². The predicted molar refractivity (Wildman–Crippen MR) is 346 cm³/mol. The topological polar surface area (TPSA) is 141 Å². The number of amides is 1. The molecule has 2 aromatic heterocycles. The molecule has 0 aliphatic rings. The van der Waals surface area contributed by atoms with Gasteiger partial charge in [0.2, 0.25) is 5.91 Å². The Labute approximate surface area is 490 Å². The second kappa shape index (κ2) is 24.8. The zero-order valence-corrected chi connectivity index (χ0v) is 50.7. The lowest BCUT2D eigenvalue weighted by atomic mass is 9.77. The summed E-state index contributed by atoms with van der Waals surface area (Å²) >= 11 is 0. The van der Waals surface area contributed by atoms with Crippen LogP contribution in [0.1, 0.15) is 70.7 Å². The van der Waals surface area contributed by atoms with Crippen LogP contribution in [0.25, 0.3) is 72.7 Å². The fraction of sp³-hybridized carbons (Fsp3) is 0.271. The van der Waals surface area contributed by atoms with Crippen LogP contribution < -0.4 is 24.9 Å². The highest BCUT2D eigenvalue weighted by Crippen LogP contribution is 2.43. The van der Waals surface area contributed by atoms with Crippen LogP contribution in [0, 0.1) is 6.57 Å². The summed E-state index contributed by atoms with van der Waals surface area (Å²) in [7, 11) is 16.2. The van der Waals surface area contributed by atoms with Crippen molar-refractivity contribution >= 4 is 45.8 Å². The summed E-state index contributed by atoms with van der Waals surface area (Å²) < 4.78 is 0. The predicted octanol–water partition coefficient (Wildman–Crippen LogP) is 15.2. The van der Waals surface area contributed by atoms with Gasteiger partial charge in [-0.05, 0) is 106 Å². The quantitative estimate of drug-likeness (QED) is 0.0739. The van der Waals surface area contributed by atoms with Gasteiger partial charge in [-0.2, -0.15) is 0 Å². The number of rotatable bonds is 15. The average molecular weight is 1110 g/mol. The monoisotopic (exact) mass is 1110 g/mol. The molecule has 4 N–H and O–H groups in total. The van der Waals surface area contributed by atoms with Gasteiger partial charge in [-0.3, -0.25) is 9.59 Å². The summed E-state index contributed by atoms with van der Waals surface area (Å²) in [5, 5.41) is 13.8. The first-order valence-electron chi connectivity index (χ1n) is 27.9. The third kappa shape index (κ3) is 14.2. The zero-order valence-electron chi connectivity index (χ0n) is 50.7. The third-order valence-corrected chi connectivity index (χ3v) is 14.6. The molecule has 0 spiro atoms. The fourth-order valence-corrected chi connectivity index (χ4v) is 9.88. The molecule has 0 atom stereocenters. The van der Waals surface area contributed by atoms with E-state index in [1.807, 2.05) is 68.5 Å². The van der Waals surface area contributed by atoms with Crippen molar-refractivity contribution in [2.24, 2.45) is 0 Å². The van der Waals surface area contributed by atoms with Gasteiger partial charge in [0.05, 0.1) is 29.3 Å². The summed E-state index contributed by atoms with van der Waals surface area (Å²) in [5.41, 5.74) is 18.5. The summed E-state index contributed by atoms with van der Waals surface area (Å²) in [6.45, 7) is 21.8. The van der Waals surface area contributed by atoms with Gasteiger partial charge in [0.1, 0.15) is 23.2 Å². The van der Waals surface area contributed by atoms with Crippen LogP contribution in [0.5, 0.6) is 5.75 Å². The molecular weight excluding hydrogens is 1030 g/mol. The zero-order chi connectivity index (χ0) is 60.1. The van der Waals surface area contributed by atoms with Crippen molar-refractivity contribution in [3.05, 3.63) is 185 Å². The number of carbonyl (C=O) groups is 2. The van der Waals surface area contributed by atoms with Crippen LogP contribution in [-0.4, -0.2) is 93.1 Å². The normalized spacial score (nSPS) is 11.3. The molecule has 13 heteroatoms. The van der Waals surface area contributed by atoms with Crippen molar-refractivity contribution in [1.82, 2.24) is 19.9 Å². The first-order chi connectivity index (χ1) is 39.3. The Balaban J connectivity index is 0.000000217. The molecule has 1 amide bonds. The Kier molecular flexibility index (Phi) is 17.8. The van der Waals surface area contributed by atoms with Crippen LogP contribution in [0.15, 0.2) is 152 Å². The van der Waals surface area contributed by atoms with Crippen LogP contribution >= 0.6 is 0 Å². The minimum absolute atomic E-state index is 0.0270. The van der Waals surface area contributed by atoms with E-state index in [9.17, 15) is 14.7 Å². The number of nitrogens with zero attached hydrogens (tertiary/aromatic N) is 7. The summed E-state index contributed by atoms with van der Waals surface area (Å²) in [6, 6.07) is 50.3. The van der Waals surface area contributed by atoms with Crippen molar-refractivity contribution in [3.63, 3.8) is 0 Å². The van der Waals surface area contributed by atoms with Crippen molar-refractivity contribution < 1.29 is 14.7 Å². The summed E-state index contributed by atoms with van der Waals surface area (Å²) in [5.74, 6) is 1.42. The molecule has 7 aromatic carbocycles. The van der Waals surface area contributed by atoms with E-state index in [4.69, 9.17) is 16.5 Å². The summed E-state index contributed by atoms with van der Waals surface area (Å²) in [4.78, 5) is 54.4. The molecule has 0 saturated carbocycles. The maximum atomic E-state index is 12.9. The number of hydrogen-bond acceptors (Lipinski definition) is 9. The Morgan fingerprint density at radius 2 is 0.880 bits per heavy atom. The summed E-state index contributed by atoms with van der Waals surface area (Å²) in [6.07, 6.45) is 0.311. The molecule has 9 aromatic rings. The molecule has 2 heterocycles. The SMILES string of the molecule is CC(=O)Nc1c(C(C)(C)C)cc(-c2nc(-c3ccc(N(C)C)cc3)c(-c3ccc(N(C)C)cc3)[nH]2)cc1C(C)(C)C.[C-]#[N+]c1ccc(CC(=O)Cc2cc(-c3nc(-c4ccc(N(C)C)cc4)c(-c4ccc(N(C)C)cc4)[nH]3)ccc2O)cc1. The van der Waals surface area contributed by atoms with Crippen molar-refractivity contribution in [3.8, 4) is 73.6 Å². The van der Waals surface area contributed by atoms with Crippen molar-refractivity contribution in [2.45, 2.75) is 72.1 Å². The van der Waals surface area contributed by atoms with Gasteiger partial charge in [-0.1, -0.05) is 114 Å². The number of hydrogen-bond donors (Lipinski definition) is 4. The Morgan fingerprint density at radius 1 is 0.506 bits per heavy atom. The number of aromatic amines is 2. The van der Waals surface area contributed by atoms with Crippen molar-refractivity contribution in [1.29, 1.82) is 0 Å². The molecule has 83 heavy (non-hydrogen) atoms. The molecule has 0 radical (unpaired) electrons. The second-order valence-corrected chi connectivity index (χ2v) is 24.0. The highest BCUT2D eigenvalue weighted by Gasteiger charge is 2.29. The molecular formula is C70H78N10O3. The van der Waals surface area contributed by atoms with Gasteiger partial charge < -0.3 is 40.0 Å². The Hall–Kier alpha value is -9.41. The number of phenols is 1. The van der Waals surface area contributed by atoms with E-state index in [0.717, 1.165) is 107 Å². The van der Waals surface area contributed by atoms with E-state index in [0.29, 0.717) is 17.1 Å². The molecule has 0 aliphatic carbocycles. The number of ketones is 1. The lowest BCUT2D eigenvalue weighted by Gasteiger charge is -2.30. The van der Waals surface area contributed by atoms with E-state index in [2.05, 4.69) is 190 Å². The van der Waals surface area contributed by atoms with Crippen LogP contribution in [0.3, 0.4) is 0 Å². The smallest absolute Gasteiger partial charge is 0.221 e. The highest BCUT2D eigenvalue weighted by molar-refractivity contribution is 5.92. The van der Waals surface area contributed by atoms with Gasteiger partial charge in [0.15, 0.2) is 5.69 Å². The Morgan fingerprint density at radius 3 is 1.24 bits per heavy atom. The van der Waals surface area contributed by atoms with E-state index < -0.39 is 0 Å². The molecule has 0 fully saturated rings. The number of H-pyrrole nitrogens is 2. The van der Waals surface area contributed by atoms with Gasteiger partial charge >= 0.3 is 0 Å². The number of nitrogens with one attached hydrogen (secondary N) is 3. The minimum atomic E-state index is -0.198. The first-order valence-corrected chi connectivity index (χ1v) is 27.9. The van der Waals surface area contributed by atoms with E-state index in [1.54, 1.807) is 37.3 Å². The first kappa shape index (κ1) is 59.7. The molecule has 426 valence electrons. The standard InChI is InChI=1S/C35H33N5O2.C35H45N5O/c1-36-28-13-6-23(7-14-28)20-31(41)22-27-21-26(12-19-32(27)42)35-37-33(24-8-15-29(16-9-24)39(2)3)34(38-35)25-10-17-30(18-11-25)40(4)5;1-22(41)36-32-28(34(2,3)4)20-25(21-29(32)35(5,6)7)33-37-30(23-12-16-26(17-13-23)39(8)9)31(38-33)24-14-18-27(19-15-24)40(10)11/h6-19,21,42H,20,22H2,2-5H3,(H,37,38);12-21H,1-11H3,(H,36,41)(H,37,38). The Bertz CT molecular complexity index is 3600. The van der Waals surface area contributed by atoms with E-state index in [-0.39, 0.29) is 41.1 Å². The molecule has 13 nitrogen and oxygen atoms in total.